The fourth-order valence-electron chi connectivity index (χ4n) is 1.94. The van der Waals surface area contributed by atoms with Gasteiger partial charge in [0.15, 0.2) is 0 Å². The molecule has 0 saturated carbocycles. The van der Waals surface area contributed by atoms with Gasteiger partial charge in [0.05, 0.1) is 11.4 Å². The van der Waals surface area contributed by atoms with Gasteiger partial charge in [-0.25, -0.2) is 0 Å². The topological polar surface area (TPSA) is 49.4 Å². The number of nitrogens with one attached hydrogen (secondary N) is 1. The minimum atomic E-state index is -0.110. The molecule has 1 heterocycles. The molecule has 1 N–H and O–H groups in total. The van der Waals surface area contributed by atoms with Gasteiger partial charge in [-0.05, 0) is 25.0 Å². The zero-order valence-electron chi connectivity index (χ0n) is 12.1. The molecule has 0 aromatic heterocycles. The Morgan fingerprint density at radius 1 is 1.35 bits per heavy atom. The van der Waals surface area contributed by atoms with Gasteiger partial charge in [0, 0.05) is 10.9 Å². The molecule has 0 bridgehead atoms. The van der Waals surface area contributed by atoms with Crippen molar-refractivity contribution in [1.82, 2.24) is 5.32 Å². The number of thioether (sulfide) groups is 1. The highest BCUT2D eigenvalue weighted by Crippen LogP contribution is 2.34. The molecular weight excluding hydrogens is 272 g/mol. The molecule has 0 unspecified atom stereocenters. The highest BCUT2D eigenvalue weighted by molar-refractivity contribution is 8.00. The number of carbonyl (C=O) groups excluding carboxylic acids is 2. The van der Waals surface area contributed by atoms with Crippen LogP contribution in [0.5, 0.6) is 0 Å². The molecule has 0 fully saturated rings. The van der Waals surface area contributed by atoms with Gasteiger partial charge < -0.3 is 10.2 Å². The van der Waals surface area contributed by atoms with Gasteiger partial charge in [-0.2, -0.15) is 0 Å². The van der Waals surface area contributed by atoms with E-state index in [1.165, 1.54) is 11.8 Å². The second kappa shape index (κ2) is 6.31. The maximum Gasteiger partial charge on any atom is 0.240 e. The number of amides is 2. The number of rotatable bonds is 4. The summed E-state index contributed by atoms with van der Waals surface area (Å²) in [6.45, 7) is 6.18. The van der Waals surface area contributed by atoms with Crippen molar-refractivity contribution < 1.29 is 9.59 Å². The number of nitrogens with zero attached hydrogens (tertiary/aromatic N) is 1. The number of anilines is 1. The van der Waals surface area contributed by atoms with Crippen LogP contribution in [0.1, 0.15) is 20.8 Å². The Morgan fingerprint density at radius 2 is 2.05 bits per heavy atom. The fourth-order valence-corrected chi connectivity index (χ4v) is 2.87. The second-order valence-corrected chi connectivity index (χ2v) is 6.35. The summed E-state index contributed by atoms with van der Waals surface area (Å²) in [5.74, 6) is 0.644. The van der Waals surface area contributed by atoms with E-state index >= 15 is 0 Å². The van der Waals surface area contributed by atoms with Crippen molar-refractivity contribution >= 4 is 29.3 Å². The number of fused-ring (bicyclic) bond motifs is 1. The van der Waals surface area contributed by atoms with E-state index in [0.717, 1.165) is 10.6 Å². The Labute approximate surface area is 123 Å². The number of benzene rings is 1. The van der Waals surface area contributed by atoms with Gasteiger partial charge in [0.2, 0.25) is 11.8 Å². The first-order chi connectivity index (χ1) is 9.49. The summed E-state index contributed by atoms with van der Waals surface area (Å²) in [7, 11) is 0. The van der Waals surface area contributed by atoms with Crippen molar-refractivity contribution in [1.29, 1.82) is 0 Å². The van der Waals surface area contributed by atoms with Gasteiger partial charge in [-0.1, -0.05) is 26.0 Å². The van der Waals surface area contributed by atoms with Crippen LogP contribution in [0, 0.1) is 5.92 Å². The summed E-state index contributed by atoms with van der Waals surface area (Å²) in [5, 5.41) is 2.94. The van der Waals surface area contributed by atoms with Gasteiger partial charge in [0.25, 0.3) is 0 Å². The molecule has 5 heteroatoms. The SMILES string of the molecule is CC(C)[C@H](C)NC(=O)CN1C(=O)CSc2ccccc21. The van der Waals surface area contributed by atoms with E-state index in [1.54, 1.807) is 4.90 Å². The van der Waals surface area contributed by atoms with Crippen LogP contribution in [0.15, 0.2) is 29.2 Å². The maximum atomic E-state index is 12.1. The summed E-state index contributed by atoms with van der Waals surface area (Å²) < 4.78 is 0. The molecule has 1 atom stereocenters. The quantitative estimate of drug-likeness (QED) is 0.926. The third kappa shape index (κ3) is 3.33. The largest absolute Gasteiger partial charge is 0.352 e. The molecule has 1 aromatic carbocycles. The molecule has 1 aliphatic heterocycles. The lowest BCUT2D eigenvalue weighted by Gasteiger charge is -2.29. The molecule has 108 valence electrons. The first-order valence-corrected chi connectivity index (χ1v) is 7.79. The highest BCUT2D eigenvalue weighted by Gasteiger charge is 2.26. The molecule has 4 nitrogen and oxygen atoms in total. The molecule has 2 rings (SSSR count). The zero-order valence-corrected chi connectivity index (χ0v) is 12.9. The van der Waals surface area contributed by atoms with E-state index in [2.05, 4.69) is 19.2 Å². The molecular formula is C15H20N2O2S. The predicted molar refractivity (Wildman–Crippen MR) is 82.0 cm³/mol. The van der Waals surface area contributed by atoms with Crippen molar-refractivity contribution in [3.05, 3.63) is 24.3 Å². The first-order valence-electron chi connectivity index (χ1n) is 6.80. The van der Waals surface area contributed by atoms with Gasteiger partial charge in [0.1, 0.15) is 6.54 Å². The highest BCUT2D eigenvalue weighted by atomic mass is 32.2. The Morgan fingerprint density at radius 3 is 2.75 bits per heavy atom. The van der Waals surface area contributed by atoms with Crippen molar-refractivity contribution in [3.8, 4) is 0 Å². The summed E-state index contributed by atoms with van der Waals surface area (Å²) >= 11 is 1.52. The lowest BCUT2D eigenvalue weighted by Crippen LogP contribution is -2.46. The number of hydrogen-bond acceptors (Lipinski definition) is 3. The van der Waals surface area contributed by atoms with E-state index in [1.807, 2.05) is 31.2 Å². The summed E-state index contributed by atoms with van der Waals surface area (Å²) in [4.78, 5) is 26.7. The van der Waals surface area contributed by atoms with Gasteiger partial charge in [-0.3, -0.25) is 9.59 Å². The first kappa shape index (κ1) is 14.9. The third-order valence-electron chi connectivity index (χ3n) is 3.50. The number of hydrogen-bond donors (Lipinski definition) is 1. The van der Waals surface area contributed by atoms with E-state index < -0.39 is 0 Å². The van der Waals surface area contributed by atoms with Crippen LogP contribution in [0.2, 0.25) is 0 Å². The van der Waals surface area contributed by atoms with Crippen LogP contribution in [0.25, 0.3) is 0 Å². The maximum absolute atomic E-state index is 12.1. The van der Waals surface area contributed by atoms with Crippen molar-refractivity contribution in [2.24, 2.45) is 5.92 Å². The number of para-hydroxylation sites is 1. The molecule has 1 aliphatic rings. The van der Waals surface area contributed by atoms with Crippen molar-refractivity contribution in [2.45, 2.75) is 31.7 Å². The predicted octanol–water partition coefficient (Wildman–Crippen LogP) is 2.29. The molecule has 0 spiro atoms. The van der Waals surface area contributed by atoms with Gasteiger partial charge >= 0.3 is 0 Å². The Bertz CT molecular complexity index is 516. The third-order valence-corrected chi connectivity index (χ3v) is 4.55. The minimum absolute atomic E-state index is 0.0129. The summed E-state index contributed by atoms with van der Waals surface area (Å²) in [6, 6.07) is 7.81. The standard InChI is InChI=1S/C15H20N2O2S/c1-10(2)11(3)16-14(18)8-17-12-6-4-5-7-13(12)20-9-15(17)19/h4-7,10-11H,8-9H2,1-3H3,(H,16,18)/t11-/m0/s1. The molecule has 2 amide bonds. The molecule has 20 heavy (non-hydrogen) atoms. The molecule has 1 aromatic rings. The second-order valence-electron chi connectivity index (χ2n) is 5.34. The van der Waals surface area contributed by atoms with Crippen LogP contribution in [-0.2, 0) is 9.59 Å². The number of carbonyl (C=O) groups is 2. The lowest BCUT2D eigenvalue weighted by molar-refractivity contribution is -0.123. The van der Waals surface area contributed by atoms with Crippen LogP contribution < -0.4 is 10.2 Å². The van der Waals surface area contributed by atoms with Crippen LogP contribution in [-0.4, -0.2) is 30.2 Å². The zero-order chi connectivity index (χ0) is 14.7. The average molecular weight is 292 g/mol. The Hall–Kier alpha value is -1.49. The Kier molecular flexibility index (Phi) is 4.70. The van der Waals surface area contributed by atoms with E-state index in [9.17, 15) is 9.59 Å². The molecule has 0 aliphatic carbocycles. The van der Waals surface area contributed by atoms with Crippen molar-refractivity contribution in [2.75, 3.05) is 17.2 Å². The van der Waals surface area contributed by atoms with Crippen LogP contribution >= 0.6 is 11.8 Å². The fraction of sp³-hybridized carbons (Fsp3) is 0.467. The Balaban J connectivity index is 2.09. The summed E-state index contributed by atoms with van der Waals surface area (Å²) in [6.07, 6.45) is 0. The summed E-state index contributed by atoms with van der Waals surface area (Å²) in [5.41, 5.74) is 0.834. The van der Waals surface area contributed by atoms with Gasteiger partial charge in [-0.15, -0.1) is 11.8 Å². The van der Waals surface area contributed by atoms with Crippen LogP contribution in [0.3, 0.4) is 0 Å². The van der Waals surface area contributed by atoms with E-state index in [4.69, 9.17) is 0 Å². The molecule has 0 radical (unpaired) electrons. The van der Waals surface area contributed by atoms with Crippen LogP contribution in [0.4, 0.5) is 5.69 Å². The normalized spacial score (nSPS) is 16.0. The van der Waals surface area contributed by atoms with E-state index in [-0.39, 0.29) is 24.4 Å². The smallest absolute Gasteiger partial charge is 0.240 e. The monoisotopic (exact) mass is 292 g/mol. The van der Waals surface area contributed by atoms with Crippen molar-refractivity contribution in [3.63, 3.8) is 0 Å². The average Bonchev–Trinajstić information content (AvgIpc) is 2.42. The van der Waals surface area contributed by atoms with E-state index in [0.29, 0.717) is 11.7 Å². The lowest BCUT2D eigenvalue weighted by atomic mass is 10.1. The molecule has 0 saturated heterocycles. The minimum Gasteiger partial charge on any atom is -0.352 e.